The SMILES string of the molecule is CC(C)CCCCCOC(=O)CCCCCCCCCCCCCC(C)C(C)C(=O)OCCCCCC(C)C. The highest BCUT2D eigenvalue weighted by molar-refractivity contribution is 5.72. The zero-order valence-corrected chi connectivity index (χ0v) is 27.2. The molecular formula is C35H68O4. The molecule has 0 rings (SSSR count). The largest absolute Gasteiger partial charge is 0.466 e. The summed E-state index contributed by atoms with van der Waals surface area (Å²) in [7, 11) is 0. The van der Waals surface area contributed by atoms with Gasteiger partial charge < -0.3 is 9.47 Å². The van der Waals surface area contributed by atoms with Gasteiger partial charge in [-0.1, -0.05) is 144 Å². The van der Waals surface area contributed by atoms with E-state index >= 15 is 0 Å². The topological polar surface area (TPSA) is 52.6 Å². The van der Waals surface area contributed by atoms with Crippen LogP contribution in [-0.2, 0) is 19.1 Å². The third-order valence-corrected chi connectivity index (χ3v) is 8.12. The van der Waals surface area contributed by atoms with Crippen molar-refractivity contribution >= 4 is 11.9 Å². The van der Waals surface area contributed by atoms with Crippen molar-refractivity contribution in [3.05, 3.63) is 0 Å². The fourth-order valence-electron chi connectivity index (χ4n) is 5.03. The normalized spacial score (nSPS) is 13.1. The van der Waals surface area contributed by atoms with Crippen LogP contribution < -0.4 is 0 Å². The van der Waals surface area contributed by atoms with Gasteiger partial charge in [-0.05, 0) is 43.4 Å². The van der Waals surface area contributed by atoms with E-state index in [1.165, 1.54) is 89.9 Å². The van der Waals surface area contributed by atoms with E-state index in [1.807, 2.05) is 6.92 Å². The van der Waals surface area contributed by atoms with Crippen molar-refractivity contribution in [2.45, 2.75) is 176 Å². The minimum atomic E-state index is -0.00875. The van der Waals surface area contributed by atoms with Crippen molar-refractivity contribution in [3.63, 3.8) is 0 Å². The fourth-order valence-corrected chi connectivity index (χ4v) is 5.03. The van der Waals surface area contributed by atoms with E-state index in [1.54, 1.807) is 0 Å². The van der Waals surface area contributed by atoms with Gasteiger partial charge in [0.2, 0.25) is 0 Å². The molecule has 0 aliphatic heterocycles. The van der Waals surface area contributed by atoms with E-state index in [9.17, 15) is 9.59 Å². The Morgan fingerprint density at radius 2 is 0.846 bits per heavy atom. The Kier molecular flexibility index (Phi) is 26.4. The number of carbonyl (C=O) groups excluding carboxylic acids is 2. The van der Waals surface area contributed by atoms with Gasteiger partial charge in [0, 0.05) is 6.42 Å². The molecule has 0 fully saturated rings. The minimum absolute atomic E-state index is 0.00537. The number of ether oxygens (including phenoxy) is 2. The van der Waals surface area contributed by atoms with Gasteiger partial charge in [-0.25, -0.2) is 0 Å². The van der Waals surface area contributed by atoms with Crippen LogP contribution in [0.4, 0.5) is 0 Å². The van der Waals surface area contributed by atoms with Gasteiger partial charge in [-0.3, -0.25) is 9.59 Å². The standard InChI is InChI=1S/C35H68O4/c1-30(2)24-18-16-22-28-38-34(36)27-21-15-13-11-9-7-8-10-12-14-20-26-32(5)33(6)35(37)39-29-23-17-19-25-31(3)4/h30-33H,7-29H2,1-6H3. The summed E-state index contributed by atoms with van der Waals surface area (Å²) in [5, 5.41) is 0. The molecule has 0 saturated carbocycles. The monoisotopic (exact) mass is 553 g/mol. The smallest absolute Gasteiger partial charge is 0.308 e. The maximum atomic E-state index is 12.3. The van der Waals surface area contributed by atoms with Gasteiger partial charge in [0.25, 0.3) is 0 Å². The number of unbranched alkanes of at least 4 members (excludes halogenated alkanes) is 14. The molecule has 0 aliphatic rings. The second-order valence-electron chi connectivity index (χ2n) is 13.1. The van der Waals surface area contributed by atoms with Crippen LogP contribution in [-0.4, -0.2) is 25.2 Å². The van der Waals surface area contributed by atoms with Crippen LogP contribution in [0.5, 0.6) is 0 Å². The number of hydrogen-bond donors (Lipinski definition) is 0. The van der Waals surface area contributed by atoms with Crippen molar-refractivity contribution in [1.82, 2.24) is 0 Å². The molecule has 0 bridgehead atoms. The van der Waals surface area contributed by atoms with Crippen LogP contribution >= 0.6 is 0 Å². The first-order valence-electron chi connectivity index (χ1n) is 17.1. The van der Waals surface area contributed by atoms with E-state index in [0.717, 1.165) is 50.4 Å². The highest BCUT2D eigenvalue weighted by atomic mass is 16.5. The van der Waals surface area contributed by atoms with Crippen LogP contribution in [0.15, 0.2) is 0 Å². The van der Waals surface area contributed by atoms with Crippen molar-refractivity contribution in [1.29, 1.82) is 0 Å². The molecule has 0 aromatic carbocycles. The molecule has 0 radical (unpaired) electrons. The predicted molar refractivity (Wildman–Crippen MR) is 167 cm³/mol. The van der Waals surface area contributed by atoms with Gasteiger partial charge in [0.15, 0.2) is 0 Å². The zero-order valence-electron chi connectivity index (χ0n) is 27.2. The second-order valence-corrected chi connectivity index (χ2v) is 13.1. The lowest BCUT2D eigenvalue weighted by Gasteiger charge is -2.18. The molecule has 4 nitrogen and oxygen atoms in total. The highest BCUT2D eigenvalue weighted by Crippen LogP contribution is 2.21. The van der Waals surface area contributed by atoms with E-state index in [4.69, 9.17) is 9.47 Å². The van der Waals surface area contributed by atoms with E-state index in [2.05, 4.69) is 34.6 Å². The summed E-state index contributed by atoms with van der Waals surface area (Å²) in [6.07, 6.45) is 24.8. The minimum Gasteiger partial charge on any atom is -0.466 e. The Labute approximate surface area is 244 Å². The van der Waals surface area contributed by atoms with Crippen molar-refractivity contribution in [2.75, 3.05) is 13.2 Å². The maximum absolute atomic E-state index is 12.3. The molecule has 4 heteroatoms. The molecule has 0 heterocycles. The molecule has 232 valence electrons. The first-order valence-corrected chi connectivity index (χ1v) is 17.1. The van der Waals surface area contributed by atoms with Crippen molar-refractivity contribution < 1.29 is 19.1 Å². The molecular weight excluding hydrogens is 484 g/mol. The number of hydrogen-bond acceptors (Lipinski definition) is 4. The molecule has 0 aliphatic carbocycles. The molecule has 2 unspecified atom stereocenters. The Morgan fingerprint density at radius 3 is 1.33 bits per heavy atom. The van der Waals surface area contributed by atoms with E-state index in [-0.39, 0.29) is 17.9 Å². The quantitative estimate of drug-likeness (QED) is 0.0715. The third-order valence-electron chi connectivity index (χ3n) is 8.12. The van der Waals surface area contributed by atoms with Gasteiger partial charge in [-0.15, -0.1) is 0 Å². The lowest BCUT2D eigenvalue weighted by Crippen LogP contribution is -2.22. The van der Waals surface area contributed by atoms with Crippen molar-refractivity contribution in [3.8, 4) is 0 Å². The lowest BCUT2D eigenvalue weighted by atomic mass is 9.90. The van der Waals surface area contributed by atoms with Gasteiger partial charge >= 0.3 is 11.9 Å². The zero-order chi connectivity index (χ0) is 29.1. The molecule has 39 heavy (non-hydrogen) atoms. The molecule has 0 amide bonds. The Morgan fingerprint density at radius 1 is 0.462 bits per heavy atom. The Bertz CT molecular complexity index is 557. The molecule has 2 atom stereocenters. The average Bonchev–Trinajstić information content (AvgIpc) is 2.89. The van der Waals surface area contributed by atoms with Crippen molar-refractivity contribution in [2.24, 2.45) is 23.7 Å². The summed E-state index contributed by atoms with van der Waals surface area (Å²) in [5.74, 6) is 1.93. The number of carbonyl (C=O) groups is 2. The van der Waals surface area contributed by atoms with E-state index in [0.29, 0.717) is 25.6 Å². The van der Waals surface area contributed by atoms with Crippen LogP contribution in [0.1, 0.15) is 176 Å². The number of esters is 2. The molecule has 0 N–H and O–H groups in total. The average molecular weight is 553 g/mol. The molecule has 0 aromatic heterocycles. The summed E-state index contributed by atoms with van der Waals surface area (Å²) >= 11 is 0. The van der Waals surface area contributed by atoms with Crippen LogP contribution in [0, 0.1) is 23.7 Å². The highest BCUT2D eigenvalue weighted by Gasteiger charge is 2.21. The molecule has 0 spiro atoms. The van der Waals surface area contributed by atoms with Crippen LogP contribution in [0.2, 0.25) is 0 Å². The summed E-state index contributed by atoms with van der Waals surface area (Å²) in [6, 6.07) is 0. The second kappa shape index (κ2) is 27.1. The van der Waals surface area contributed by atoms with Gasteiger partial charge in [0.05, 0.1) is 19.1 Å². The van der Waals surface area contributed by atoms with Crippen LogP contribution in [0.25, 0.3) is 0 Å². The summed E-state index contributed by atoms with van der Waals surface area (Å²) in [6.45, 7) is 14.4. The Balaban J connectivity index is 3.44. The fraction of sp³-hybridized carbons (Fsp3) is 0.943. The van der Waals surface area contributed by atoms with E-state index < -0.39 is 0 Å². The molecule has 0 saturated heterocycles. The van der Waals surface area contributed by atoms with Gasteiger partial charge in [0.1, 0.15) is 0 Å². The third kappa shape index (κ3) is 26.9. The Hall–Kier alpha value is -1.06. The first-order chi connectivity index (χ1) is 18.7. The maximum Gasteiger partial charge on any atom is 0.308 e. The molecule has 0 aromatic rings. The summed E-state index contributed by atoms with van der Waals surface area (Å²) in [5.41, 5.74) is 0. The van der Waals surface area contributed by atoms with Gasteiger partial charge in [-0.2, -0.15) is 0 Å². The predicted octanol–water partition coefficient (Wildman–Crippen LogP) is 10.8. The number of rotatable bonds is 28. The lowest BCUT2D eigenvalue weighted by molar-refractivity contribution is -0.150. The first kappa shape index (κ1) is 37.9. The van der Waals surface area contributed by atoms with Crippen LogP contribution in [0.3, 0.4) is 0 Å². The summed E-state index contributed by atoms with van der Waals surface area (Å²) in [4.78, 5) is 24.1. The summed E-state index contributed by atoms with van der Waals surface area (Å²) < 4.78 is 10.9.